The molecule has 5 rings (SSSR count). The van der Waals surface area contributed by atoms with Gasteiger partial charge >= 0.3 is 6.03 Å². The Morgan fingerprint density at radius 3 is 2.68 bits per heavy atom. The summed E-state index contributed by atoms with van der Waals surface area (Å²) >= 11 is 2.91. The van der Waals surface area contributed by atoms with Crippen LogP contribution in [0, 0.1) is 11.8 Å². The quantitative estimate of drug-likeness (QED) is 0.462. The summed E-state index contributed by atoms with van der Waals surface area (Å²) in [5, 5.41) is 5.22. The number of piperidine rings is 1. The number of nitrogens with one attached hydrogen (secondary N) is 1. The van der Waals surface area contributed by atoms with Gasteiger partial charge in [-0.3, -0.25) is 14.6 Å². The van der Waals surface area contributed by atoms with Crippen LogP contribution in [0.1, 0.15) is 43.6 Å². The molecule has 4 heterocycles. The molecule has 1 atom stereocenters. The molecule has 0 radical (unpaired) electrons. The van der Waals surface area contributed by atoms with Crippen molar-refractivity contribution in [2.24, 2.45) is 11.8 Å². The number of fused-ring (bicyclic) bond motifs is 1. The molecule has 2 saturated heterocycles. The Bertz CT molecular complexity index is 1150. The smallest absolute Gasteiger partial charge is 0.323 e. The van der Waals surface area contributed by atoms with Gasteiger partial charge in [-0.05, 0) is 79.8 Å². The molecule has 34 heavy (non-hydrogen) atoms. The molecule has 2 aromatic heterocycles. The number of hydrogen-bond acceptors (Lipinski definition) is 7. The maximum Gasteiger partial charge on any atom is 0.325 e. The van der Waals surface area contributed by atoms with Crippen molar-refractivity contribution in [2.45, 2.75) is 51.6 Å². The number of nitrogens with zero attached hydrogens (tertiary/aromatic N) is 4. The van der Waals surface area contributed by atoms with Gasteiger partial charge in [-0.25, -0.2) is 4.79 Å². The summed E-state index contributed by atoms with van der Waals surface area (Å²) < 4.78 is 8.64. The molecule has 1 unspecified atom stereocenters. The van der Waals surface area contributed by atoms with Crippen LogP contribution < -0.4 is 5.32 Å². The highest BCUT2D eigenvalue weighted by molar-refractivity contribution is 7.09. The molecule has 0 bridgehead atoms. The summed E-state index contributed by atoms with van der Waals surface area (Å²) in [6.45, 7) is 7.40. The zero-order chi connectivity index (χ0) is 23.7. The van der Waals surface area contributed by atoms with Crippen LogP contribution >= 0.6 is 23.1 Å². The minimum Gasteiger partial charge on any atom is -0.323 e. The van der Waals surface area contributed by atoms with Crippen LogP contribution in [0.5, 0.6) is 0 Å². The summed E-state index contributed by atoms with van der Waals surface area (Å²) in [5.41, 5.74) is 2.36. The van der Waals surface area contributed by atoms with E-state index in [0.29, 0.717) is 25.3 Å². The van der Waals surface area contributed by atoms with Crippen LogP contribution in [-0.4, -0.2) is 55.7 Å². The Hall–Kier alpha value is -2.36. The lowest BCUT2D eigenvalue weighted by Gasteiger charge is -2.41. The summed E-state index contributed by atoms with van der Waals surface area (Å²) in [4.78, 5) is 31.8. The first-order valence-electron chi connectivity index (χ1n) is 12.0. The van der Waals surface area contributed by atoms with E-state index in [9.17, 15) is 9.59 Å². The molecule has 2 aliphatic rings. The zero-order valence-corrected chi connectivity index (χ0v) is 21.3. The average molecular weight is 498 g/mol. The summed E-state index contributed by atoms with van der Waals surface area (Å²) in [6, 6.07) is 10.1. The predicted octanol–water partition coefficient (Wildman–Crippen LogP) is 4.54. The molecule has 0 saturated carbocycles. The zero-order valence-electron chi connectivity index (χ0n) is 19.7. The van der Waals surface area contributed by atoms with Crippen LogP contribution in [0.15, 0.2) is 35.7 Å². The fourth-order valence-corrected chi connectivity index (χ4v) is 6.73. The van der Waals surface area contributed by atoms with Crippen LogP contribution in [-0.2, 0) is 17.8 Å². The number of thiophene rings is 1. The van der Waals surface area contributed by atoms with Crippen molar-refractivity contribution in [3.63, 3.8) is 0 Å². The van der Waals surface area contributed by atoms with Gasteiger partial charge in [0.25, 0.3) is 5.91 Å². The van der Waals surface area contributed by atoms with E-state index in [1.165, 1.54) is 27.1 Å². The van der Waals surface area contributed by atoms with Crippen LogP contribution in [0.2, 0.25) is 0 Å². The lowest BCUT2D eigenvalue weighted by Crippen LogP contribution is -2.56. The highest BCUT2D eigenvalue weighted by atomic mass is 32.1. The lowest BCUT2D eigenvalue weighted by atomic mass is 9.73. The Morgan fingerprint density at radius 2 is 1.94 bits per heavy atom. The second kappa shape index (κ2) is 9.71. The van der Waals surface area contributed by atoms with Gasteiger partial charge in [-0.2, -0.15) is 8.75 Å². The first kappa shape index (κ1) is 23.4. The first-order valence-corrected chi connectivity index (χ1v) is 13.7. The molecular weight excluding hydrogens is 466 g/mol. The van der Waals surface area contributed by atoms with Gasteiger partial charge < -0.3 is 5.32 Å². The van der Waals surface area contributed by atoms with Gasteiger partial charge in [0.1, 0.15) is 16.6 Å². The third-order valence-corrected chi connectivity index (χ3v) is 8.60. The number of amides is 3. The number of hydrogen-bond donors (Lipinski definition) is 1. The predicted molar refractivity (Wildman–Crippen MR) is 136 cm³/mol. The third-order valence-electron chi connectivity index (χ3n) is 7.10. The maximum atomic E-state index is 13.7. The minimum atomic E-state index is -0.780. The highest BCUT2D eigenvalue weighted by Crippen LogP contribution is 2.38. The molecule has 180 valence electrons. The minimum absolute atomic E-state index is 0.0253. The Morgan fingerprint density at radius 1 is 1.15 bits per heavy atom. The van der Waals surface area contributed by atoms with E-state index in [-0.39, 0.29) is 17.9 Å². The number of urea groups is 1. The van der Waals surface area contributed by atoms with Crippen molar-refractivity contribution >= 4 is 46.0 Å². The van der Waals surface area contributed by atoms with Crippen molar-refractivity contribution < 1.29 is 9.59 Å². The number of carbonyl (C=O) groups is 2. The second-order valence-electron chi connectivity index (χ2n) is 9.92. The van der Waals surface area contributed by atoms with E-state index in [1.54, 1.807) is 11.3 Å². The topological polar surface area (TPSA) is 78.4 Å². The molecule has 7 nitrogen and oxygen atoms in total. The van der Waals surface area contributed by atoms with E-state index >= 15 is 0 Å². The van der Waals surface area contributed by atoms with Crippen molar-refractivity contribution in [1.29, 1.82) is 0 Å². The van der Waals surface area contributed by atoms with Crippen LogP contribution in [0.25, 0.3) is 11.0 Å². The average Bonchev–Trinajstić information content (AvgIpc) is 3.54. The number of carbonyl (C=O) groups excluding carboxylic acids is 2. The molecule has 3 aromatic rings. The highest BCUT2D eigenvalue weighted by Gasteiger charge is 2.55. The van der Waals surface area contributed by atoms with E-state index in [4.69, 9.17) is 0 Å². The van der Waals surface area contributed by atoms with E-state index in [2.05, 4.69) is 51.0 Å². The van der Waals surface area contributed by atoms with Crippen LogP contribution in [0.3, 0.4) is 0 Å². The first-order chi connectivity index (χ1) is 16.4. The monoisotopic (exact) mass is 497 g/mol. The Balaban J connectivity index is 1.26. The third kappa shape index (κ3) is 4.61. The second-order valence-corrected chi connectivity index (χ2v) is 11.5. The molecule has 9 heteroatoms. The molecule has 2 fully saturated rings. The molecule has 1 N–H and O–H groups in total. The van der Waals surface area contributed by atoms with Crippen molar-refractivity contribution in [1.82, 2.24) is 23.9 Å². The summed E-state index contributed by atoms with van der Waals surface area (Å²) in [7, 11) is 0. The van der Waals surface area contributed by atoms with Gasteiger partial charge in [0.05, 0.1) is 11.7 Å². The number of likely N-dealkylation sites (tertiary alicyclic amines) is 1. The van der Waals surface area contributed by atoms with Gasteiger partial charge in [0, 0.05) is 18.0 Å². The number of benzene rings is 1. The van der Waals surface area contributed by atoms with E-state index in [1.807, 2.05) is 17.5 Å². The number of imide groups is 1. The molecule has 2 aliphatic heterocycles. The molecule has 1 aromatic carbocycles. The Kier molecular flexibility index (Phi) is 6.68. The van der Waals surface area contributed by atoms with Gasteiger partial charge in [-0.15, -0.1) is 11.3 Å². The number of rotatable bonds is 8. The van der Waals surface area contributed by atoms with E-state index < -0.39 is 5.54 Å². The largest absolute Gasteiger partial charge is 0.325 e. The Labute approximate surface area is 208 Å². The number of aromatic nitrogens is 2. The van der Waals surface area contributed by atoms with Crippen molar-refractivity contribution in [2.75, 3.05) is 19.6 Å². The normalized spacial score (nSPS) is 22.3. The van der Waals surface area contributed by atoms with Crippen molar-refractivity contribution in [3.8, 4) is 0 Å². The van der Waals surface area contributed by atoms with Crippen LogP contribution in [0.4, 0.5) is 4.79 Å². The molecular formula is C25H31N5O2S2. The maximum absolute atomic E-state index is 13.7. The van der Waals surface area contributed by atoms with Crippen molar-refractivity contribution in [3.05, 3.63) is 46.2 Å². The standard InChI is InChI=1S/C25H31N5O2S2/c1-17(2)15-25(23(31)30(24(32)26-25)12-9-20-4-3-13-33-20)19-7-10-29(11-8-19)16-18-5-6-21-22(14-18)28-34-27-21/h3-6,13-14,17,19H,7-12,15-16H2,1-2H3,(H,26,32). The fourth-order valence-electron chi connectivity index (χ4n) is 5.52. The molecule has 0 spiro atoms. The molecule has 3 amide bonds. The van der Waals surface area contributed by atoms with Gasteiger partial charge in [0.15, 0.2) is 0 Å². The molecule has 0 aliphatic carbocycles. The SMILES string of the molecule is CC(C)CC1(C2CCN(Cc3ccc4nsnc4c3)CC2)NC(=O)N(CCc2cccs2)C1=O. The fraction of sp³-hybridized carbons (Fsp3) is 0.520. The van der Waals surface area contributed by atoms with Gasteiger partial charge in [-0.1, -0.05) is 26.0 Å². The summed E-state index contributed by atoms with van der Waals surface area (Å²) in [5.74, 6) is 0.445. The van der Waals surface area contributed by atoms with Gasteiger partial charge in [0.2, 0.25) is 0 Å². The van der Waals surface area contributed by atoms with E-state index in [0.717, 1.165) is 43.5 Å². The lowest BCUT2D eigenvalue weighted by molar-refractivity contribution is -0.134. The summed E-state index contributed by atoms with van der Waals surface area (Å²) in [6.07, 6.45) is 3.20.